The van der Waals surface area contributed by atoms with E-state index in [-0.39, 0.29) is 5.82 Å². The van der Waals surface area contributed by atoms with Crippen molar-refractivity contribution in [1.29, 1.82) is 0 Å². The van der Waals surface area contributed by atoms with Gasteiger partial charge in [0.1, 0.15) is 5.82 Å². The van der Waals surface area contributed by atoms with E-state index in [4.69, 9.17) is 0 Å². The summed E-state index contributed by atoms with van der Waals surface area (Å²) in [5.74, 6) is 0.677. The molecule has 1 saturated heterocycles. The van der Waals surface area contributed by atoms with Gasteiger partial charge >= 0.3 is 0 Å². The van der Waals surface area contributed by atoms with Crippen molar-refractivity contribution >= 4 is 0 Å². The Morgan fingerprint density at radius 3 is 3.00 bits per heavy atom. The molecule has 0 saturated carbocycles. The van der Waals surface area contributed by atoms with Gasteiger partial charge in [-0.1, -0.05) is 18.2 Å². The van der Waals surface area contributed by atoms with E-state index >= 15 is 0 Å². The molecule has 94 valence electrons. The van der Waals surface area contributed by atoms with Gasteiger partial charge in [0, 0.05) is 12.1 Å². The lowest BCUT2D eigenvalue weighted by Crippen LogP contribution is -2.31. The molecular formula is C14H21FN2. The van der Waals surface area contributed by atoms with Gasteiger partial charge in [-0.05, 0) is 50.9 Å². The summed E-state index contributed by atoms with van der Waals surface area (Å²) in [5, 5.41) is 6.74. The molecule has 1 aliphatic rings. The fourth-order valence-electron chi connectivity index (χ4n) is 2.34. The number of piperidine rings is 1. The Bertz CT molecular complexity index is 335. The molecule has 0 radical (unpaired) electrons. The largest absolute Gasteiger partial charge is 0.316 e. The summed E-state index contributed by atoms with van der Waals surface area (Å²) in [6, 6.07) is 6.96. The van der Waals surface area contributed by atoms with E-state index in [1.807, 2.05) is 12.1 Å². The van der Waals surface area contributed by atoms with Crippen molar-refractivity contribution in [3.05, 3.63) is 35.6 Å². The first-order chi connectivity index (χ1) is 8.36. The summed E-state index contributed by atoms with van der Waals surface area (Å²) in [6.07, 6.45) is 3.80. The van der Waals surface area contributed by atoms with Crippen LogP contribution < -0.4 is 10.6 Å². The second-order valence-electron chi connectivity index (χ2n) is 4.77. The Hall–Kier alpha value is -0.930. The van der Waals surface area contributed by atoms with E-state index in [2.05, 4.69) is 10.6 Å². The van der Waals surface area contributed by atoms with Crippen LogP contribution >= 0.6 is 0 Å². The van der Waals surface area contributed by atoms with Crippen molar-refractivity contribution in [2.75, 3.05) is 19.6 Å². The molecule has 1 unspecified atom stereocenters. The monoisotopic (exact) mass is 236 g/mol. The number of benzene rings is 1. The summed E-state index contributed by atoms with van der Waals surface area (Å²) in [7, 11) is 0. The maximum atomic E-state index is 13.3. The predicted octanol–water partition coefficient (Wildman–Crippen LogP) is 2.31. The fourth-order valence-corrected chi connectivity index (χ4v) is 2.34. The average molecular weight is 236 g/mol. The van der Waals surface area contributed by atoms with Crippen LogP contribution in [0.4, 0.5) is 4.39 Å². The van der Waals surface area contributed by atoms with Crippen molar-refractivity contribution in [3.63, 3.8) is 0 Å². The van der Waals surface area contributed by atoms with Crippen LogP contribution in [0.1, 0.15) is 24.8 Å². The van der Waals surface area contributed by atoms with E-state index in [1.165, 1.54) is 31.9 Å². The molecule has 2 nitrogen and oxygen atoms in total. The van der Waals surface area contributed by atoms with Gasteiger partial charge in [-0.25, -0.2) is 4.39 Å². The third-order valence-electron chi connectivity index (χ3n) is 3.40. The lowest BCUT2D eigenvalue weighted by atomic mass is 9.96. The molecule has 17 heavy (non-hydrogen) atoms. The summed E-state index contributed by atoms with van der Waals surface area (Å²) < 4.78 is 13.3. The maximum absolute atomic E-state index is 13.3. The molecule has 2 N–H and O–H groups in total. The molecule has 1 aliphatic heterocycles. The lowest BCUT2D eigenvalue weighted by Gasteiger charge is -2.22. The van der Waals surface area contributed by atoms with Crippen molar-refractivity contribution in [3.8, 4) is 0 Å². The van der Waals surface area contributed by atoms with Crippen LogP contribution in [-0.2, 0) is 6.54 Å². The van der Waals surface area contributed by atoms with Gasteiger partial charge in [-0.15, -0.1) is 0 Å². The molecule has 1 aromatic carbocycles. The Kier molecular flexibility index (Phi) is 4.95. The van der Waals surface area contributed by atoms with Crippen LogP contribution in [-0.4, -0.2) is 19.6 Å². The van der Waals surface area contributed by atoms with Crippen LogP contribution in [0.25, 0.3) is 0 Å². The number of hydrogen-bond acceptors (Lipinski definition) is 2. The third kappa shape index (κ3) is 4.10. The molecule has 0 aliphatic carbocycles. The minimum atomic E-state index is -0.112. The Morgan fingerprint density at radius 2 is 2.24 bits per heavy atom. The summed E-state index contributed by atoms with van der Waals surface area (Å²) in [5.41, 5.74) is 0.759. The Balaban J connectivity index is 1.64. The molecule has 1 atom stereocenters. The standard InChI is InChI=1S/C14H21FN2/c15-14-6-2-1-5-13(14)11-17-9-7-12-4-3-8-16-10-12/h1-2,5-6,12,16-17H,3-4,7-11H2. The molecule has 0 spiro atoms. The normalized spacial score (nSPS) is 20.4. The SMILES string of the molecule is Fc1ccccc1CNCCC1CCCNC1. The Morgan fingerprint density at radius 1 is 1.35 bits per heavy atom. The van der Waals surface area contributed by atoms with Crippen LogP contribution in [0.15, 0.2) is 24.3 Å². The minimum absolute atomic E-state index is 0.112. The van der Waals surface area contributed by atoms with Gasteiger partial charge in [-0.2, -0.15) is 0 Å². The average Bonchev–Trinajstić information content (AvgIpc) is 2.38. The van der Waals surface area contributed by atoms with Crippen molar-refractivity contribution in [2.45, 2.75) is 25.8 Å². The first-order valence-corrected chi connectivity index (χ1v) is 6.51. The summed E-state index contributed by atoms with van der Waals surface area (Å²) >= 11 is 0. The van der Waals surface area contributed by atoms with Crippen LogP contribution in [0.3, 0.4) is 0 Å². The molecule has 0 aromatic heterocycles. The third-order valence-corrected chi connectivity index (χ3v) is 3.40. The topological polar surface area (TPSA) is 24.1 Å². The van der Waals surface area contributed by atoms with Crippen LogP contribution in [0.5, 0.6) is 0 Å². The van der Waals surface area contributed by atoms with E-state index in [0.29, 0.717) is 6.54 Å². The number of hydrogen-bond donors (Lipinski definition) is 2. The number of halogens is 1. The Labute approximate surface area is 103 Å². The van der Waals surface area contributed by atoms with E-state index in [9.17, 15) is 4.39 Å². The highest BCUT2D eigenvalue weighted by molar-refractivity contribution is 5.16. The molecule has 1 fully saturated rings. The zero-order valence-corrected chi connectivity index (χ0v) is 10.2. The van der Waals surface area contributed by atoms with Gasteiger partial charge in [0.25, 0.3) is 0 Å². The van der Waals surface area contributed by atoms with Gasteiger partial charge in [0.05, 0.1) is 0 Å². The summed E-state index contributed by atoms with van der Waals surface area (Å²) in [4.78, 5) is 0. The molecular weight excluding hydrogens is 215 g/mol. The van der Waals surface area contributed by atoms with Crippen molar-refractivity contribution < 1.29 is 4.39 Å². The molecule has 0 amide bonds. The van der Waals surface area contributed by atoms with Crippen molar-refractivity contribution in [1.82, 2.24) is 10.6 Å². The van der Waals surface area contributed by atoms with Gasteiger partial charge in [-0.3, -0.25) is 0 Å². The highest BCUT2D eigenvalue weighted by Crippen LogP contribution is 2.13. The van der Waals surface area contributed by atoms with Gasteiger partial charge in [0.2, 0.25) is 0 Å². The minimum Gasteiger partial charge on any atom is -0.316 e. The van der Waals surface area contributed by atoms with Gasteiger partial charge in [0.15, 0.2) is 0 Å². The zero-order valence-electron chi connectivity index (χ0n) is 10.2. The lowest BCUT2D eigenvalue weighted by molar-refractivity contribution is 0.351. The second kappa shape index (κ2) is 6.72. The van der Waals surface area contributed by atoms with Gasteiger partial charge < -0.3 is 10.6 Å². The van der Waals surface area contributed by atoms with Crippen molar-refractivity contribution in [2.24, 2.45) is 5.92 Å². The molecule has 0 bridgehead atoms. The predicted molar refractivity (Wildman–Crippen MR) is 68.3 cm³/mol. The van der Waals surface area contributed by atoms with E-state index in [0.717, 1.165) is 24.6 Å². The smallest absolute Gasteiger partial charge is 0.127 e. The van der Waals surface area contributed by atoms with E-state index < -0.39 is 0 Å². The van der Waals surface area contributed by atoms with Crippen LogP contribution in [0.2, 0.25) is 0 Å². The summed E-state index contributed by atoms with van der Waals surface area (Å²) in [6.45, 7) is 3.91. The maximum Gasteiger partial charge on any atom is 0.127 e. The molecule has 3 heteroatoms. The van der Waals surface area contributed by atoms with Crippen LogP contribution in [0, 0.1) is 11.7 Å². The number of rotatable bonds is 5. The number of nitrogens with one attached hydrogen (secondary N) is 2. The fraction of sp³-hybridized carbons (Fsp3) is 0.571. The molecule has 1 heterocycles. The quantitative estimate of drug-likeness (QED) is 0.767. The second-order valence-corrected chi connectivity index (χ2v) is 4.77. The highest BCUT2D eigenvalue weighted by Gasteiger charge is 2.11. The first kappa shape index (κ1) is 12.5. The zero-order chi connectivity index (χ0) is 11.9. The molecule has 2 rings (SSSR count). The van der Waals surface area contributed by atoms with E-state index in [1.54, 1.807) is 6.07 Å². The highest BCUT2D eigenvalue weighted by atomic mass is 19.1. The molecule has 1 aromatic rings. The first-order valence-electron chi connectivity index (χ1n) is 6.51.